The highest BCUT2D eigenvalue weighted by atomic mass is 16.2. The summed E-state index contributed by atoms with van der Waals surface area (Å²) in [6.07, 6.45) is 5.10. The Hall–Kier alpha value is -2.50. The molecule has 0 spiro atoms. The number of rotatable bonds is 5. The van der Waals surface area contributed by atoms with Crippen LogP contribution in [0.3, 0.4) is 0 Å². The molecule has 2 aromatic heterocycles. The van der Waals surface area contributed by atoms with Crippen molar-refractivity contribution in [3.8, 4) is 11.4 Å². The Balaban J connectivity index is 1.72. The molecule has 3 heterocycles. The normalized spacial score (nSPS) is 15.7. The lowest BCUT2D eigenvalue weighted by Crippen LogP contribution is -2.35. The van der Waals surface area contributed by atoms with Crippen molar-refractivity contribution >= 4 is 11.7 Å². The van der Waals surface area contributed by atoms with Crippen LogP contribution in [0.5, 0.6) is 0 Å². The molecule has 0 aromatic carbocycles. The van der Waals surface area contributed by atoms with Gasteiger partial charge in [0.05, 0.1) is 0 Å². The van der Waals surface area contributed by atoms with E-state index in [1.807, 2.05) is 30.0 Å². The van der Waals surface area contributed by atoms with Crippen LogP contribution in [-0.2, 0) is 4.79 Å². The van der Waals surface area contributed by atoms with Crippen LogP contribution < -0.4 is 5.32 Å². The second-order valence-electron chi connectivity index (χ2n) is 5.94. The minimum atomic E-state index is 0.136. The Morgan fingerprint density at radius 1 is 1.30 bits per heavy atom. The topological polar surface area (TPSA) is 71.0 Å². The third kappa shape index (κ3) is 3.83. The van der Waals surface area contributed by atoms with Crippen molar-refractivity contribution in [1.82, 2.24) is 19.9 Å². The summed E-state index contributed by atoms with van der Waals surface area (Å²) in [7, 11) is 0. The van der Waals surface area contributed by atoms with E-state index in [0.717, 1.165) is 30.0 Å². The molecule has 0 saturated carbocycles. The number of nitrogens with one attached hydrogen (secondary N) is 1. The largest absolute Gasteiger partial charge is 0.366 e. The van der Waals surface area contributed by atoms with Crippen LogP contribution in [0.25, 0.3) is 11.4 Å². The van der Waals surface area contributed by atoms with E-state index in [-0.39, 0.29) is 11.9 Å². The Morgan fingerprint density at radius 2 is 2.09 bits per heavy atom. The first-order valence-corrected chi connectivity index (χ1v) is 7.92. The lowest BCUT2D eigenvalue weighted by atomic mass is 10.2. The highest BCUT2D eigenvalue weighted by molar-refractivity contribution is 5.78. The molecule has 1 N–H and O–H groups in total. The number of aromatic nitrogens is 3. The Morgan fingerprint density at radius 3 is 2.78 bits per heavy atom. The van der Waals surface area contributed by atoms with Crippen molar-refractivity contribution in [2.24, 2.45) is 0 Å². The number of anilines is 1. The summed E-state index contributed by atoms with van der Waals surface area (Å²) < 4.78 is 0. The SMILES string of the molecule is Cc1cc(N[C@@H](C)CN2CCCC2=O)nc(-c2ccncc2)n1. The fraction of sp³-hybridized carbons (Fsp3) is 0.412. The van der Waals surface area contributed by atoms with Crippen LogP contribution in [0.2, 0.25) is 0 Å². The summed E-state index contributed by atoms with van der Waals surface area (Å²) in [5.74, 6) is 1.71. The maximum atomic E-state index is 11.7. The van der Waals surface area contributed by atoms with Crippen molar-refractivity contribution < 1.29 is 4.79 Å². The molecule has 1 amide bonds. The highest BCUT2D eigenvalue weighted by Crippen LogP contribution is 2.18. The average molecular weight is 311 g/mol. The zero-order valence-electron chi connectivity index (χ0n) is 13.5. The van der Waals surface area contributed by atoms with Gasteiger partial charge in [-0.15, -0.1) is 0 Å². The summed E-state index contributed by atoms with van der Waals surface area (Å²) in [5.41, 5.74) is 1.84. The van der Waals surface area contributed by atoms with Gasteiger partial charge in [0.1, 0.15) is 5.82 Å². The number of hydrogen-bond donors (Lipinski definition) is 1. The zero-order valence-corrected chi connectivity index (χ0v) is 13.5. The monoisotopic (exact) mass is 311 g/mol. The van der Waals surface area contributed by atoms with Crippen molar-refractivity contribution in [2.75, 3.05) is 18.4 Å². The first kappa shape index (κ1) is 15.4. The Kier molecular flexibility index (Phi) is 4.50. The van der Waals surface area contributed by atoms with Crippen LogP contribution in [0.4, 0.5) is 5.82 Å². The minimum absolute atomic E-state index is 0.136. The van der Waals surface area contributed by atoms with Crippen LogP contribution in [0.15, 0.2) is 30.6 Å². The first-order valence-electron chi connectivity index (χ1n) is 7.92. The van der Waals surface area contributed by atoms with Gasteiger partial charge >= 0.3 is 0 Å². The number of pyridine rings is 1. The molecule has 6 nitrogen and oxygen atoms in total. The van der Waals surface area contributed by atoms with E-state index in [1.165, 1.54) is 0 Å². The molecule has 3 rings (SSSR count). The van der Waals surface area contributed by atoms with E-state index in [9.17, 15) is 4.79 Å². The van der Waals surface area contributed by atoms with Crippen LogP contribution >= 0.6 is 0 Å². The third-order valence-electron chi connectivity index (χ3n) is 3.85. The molecule has 1 aliphatic rings. The summed E-state index contributed by atoms with van der Waals surface area (Å²) in [5, 5.41) is 3.38. The summed E-state index contributed by atoms with van der Waals surface area (Å²) in [6.45, 7) is 5.57. The predicted octanol–water partition coefficient (Wildman–Crippen LogP) is 2.27. The van der Waals surface area contributed by atoms with Gasteiger partial charge in [-0.3, -0.25) is 9.78 Å². The molecule has 1 aliphatic heterocycles. The smallest absolute Gasteiger partial charge is 0.222 e. The fourth-order valence-corrected chi connectivity index (χ4v) is 2.80. The maximum Gasteiger partial charge on any atom is 0.222 e. The van der Waals surface area contributed by atoms with E-state index in [2.05, 4.69) is 27.2 Å². The van der Waals surface area contributed by atoms with E-state index in [1.54, 1.807) is 12.4 Å². The molecule has 0 bridgehead atoms. The molecule has 0 unspecified atom stereocenters. The number of hydrogen-bond acceptors (Lipinski definition) is 5. The standard InChI is InChI=1S/C17H21N5O/c1-12-10-15(19-13(2)11-22-9-3-4-16(22)23)21-17(20-12)14-5-7-18-8-6-14/h5-8,10,13H,3-4,9,11H2,1-2H3,(H,19,20,21)/t13-/m0/s1. The zero-order chi connectivity index (χ0) is 16.2. The molecule has 1 saturated heterocycles. The summed E-state index contributed by atoms with van der Waals surface area (Å²) in [4.78, 5) is 26.7. The van der Waals surface area contributed by atoms with Gasteiger partial charge in [-0.2, -0.15) is 0 Å². The maximum absolute atomic E-state index is 11.7. The number of likely N-dealkylation sites (tertiary alicyclic amines) is 1. The van der Waals surface area contributed by atoms with Crippen LogP contribution in [0.1, 0.15) is 25.5 Å². The van der Waals surface area contributed by atoms with Gasteiger partial charge in [0.2, 0.25) is 5.91 Å². The van der Waals surface area contributed by atoms with E-state index < -0.39 is 0 Å². The molecular formula is C17H21N5O. The van der Waals surface area contributed by atoms with Gasteiger partial charge in [0, 0.05) is 55.3 Å². The predicted molar refractivity (Wildman–Crippen MR) is 88.9 cm³/mol. The van der Waals surface area contributed by atoms with Gasteiger partial charge < -0.3 is 10.2 Å². The van der Waals surface area contributed by atoms with Crippen LogP contribution in [0, 0.1) is 6.92 Å². The van der Waals surface area contributed by atoms with Gasteiger partial charge in [0.15, 0.2) is 5.82 Å². The van der Waals surface area contributed by atoms with Crippen molar-refractivity contribution in [2.45, 2.75) is 32.7 Å². The lowest BCUT2D eigenvalue weighted by Gasteiger charge is -2.22. The molecule has 1 atom stereocenters. The first-order chi connectivity index (χ1) is 11.1. The summed E-state index contributed by atoms with van der Waals surface area (Å²) in [6, 6.07) is 5.85. The molecule has 23 heavy (non-hydrogen) atoms. The number of aryl methyl sites for hydroxylation is 1. The second kappa shape index (κ2) is 6.73. The fourth-order valence-electron chi connectivity index (χ4n) is 2.80. The average Bonchev–Trinajstić information content (AvgIpc) is 2.92. The highest BCUT2D eigenvalue weighted by Gasteiger charge is 2.21. The second-order valence-corrected chi connectivity index (χ2v) is 5.94. The van der Waals surface area contributed by atoms with E-state index >= 15 is 0 Å². The number of carbonyl (C=O) groups is 1. The molecule has 120 valence electrons. The van der Waals surface area contributed by atoms with E-state index in [4.69, 9.17) is 0 Å². The van der Waals surface area contributed by atoms with Crippen molar-refractivity contribution in [3.63, 3.8) is 0 Å². The van der Waals surface area contributed by atoms with Gasteiger partial charge in [-0.25, -0.2) is 9.97 Å². The number of carbonyl (C=O) groups excluding carboxylic acids is 1. The molecule has 1 fully saturated rings. The molecular weight excluding hydrogens is 290 g/mol. The van der Waals surface area contributed by atoms with Crippen molar-refractivity contribution in [1.29, 1.82) is 0 Å². The quantitative estimate of drug-likeness (QED) is 0.917. The Bertz CT molecular complexity index is 689. The minimum Gasteiger partial charge on any atom is -0.366 e. The van der Waals surface area contributed by atoms with E-state index in [0.29, 0.717) is 18.8 Å². The third-order valence-corrected chi connectivity index (χ3v) is 3.85. The van der Waals surface area contributed by atoms with Gasteiger partial charge in [-0.1, -0.05) is 0 Å². The lowest BCUT2D eigenvalue weighted by molar-refractivity contribution is -0.127. The number of amides is 1. The molecule has 0 radical (unpaired) electrons. The molecule has 0 aliphatic carbocycles. The molecule has 2 aromatic rings. The van der Waals surface area contributed by atoms with Gasteiger partial charge in [-0.05, 0) is 32.4 Å². The van der Waals surface area contributed by atoms with Crippen LogP contribution in [-0.4, -0.2) is 44.9 Å². The molecule has 6 heteroatoms. The summed E-state index contributed by atoms with van der Waals surface area (Å²) >= 11 is 0. The Labute approximate surface area is 136 Å². The van der Waals surface area contributed by atoms with Gasteiger partial charge in [0.25, 0.3) is 0 Å². The van der Waals surface area contributed by atoms with Crippen molar-refractivity contribution in [3.05, 3.63) is 36.3 Å². The number of nitrogens with zero attached hydrogens (tertiary/aromatic N) is 4.